The number of aromatic nitrogens is 4. The van der Waals surface area contributed by atoms with Crippen LogP contribution < -0.4 is 16.3 Å². The molecule has 3 aromatic rings. The monoisotopic (exact) mass is 366 g/mol. The van der Waals surface area contributed by atoms with Gasteiger partial charge in [-0.25, -0.2) is 9.80 Å². The van der Waals surface area contributed by atoms with Crippen LogP contribution in [0.15, 0.2) is 45.0 Å². The summed E-state index contributed by atoms with van der Waals surface area (Å²) >= 11 is 0. The summed E-state index contributed by atoms with van der Waals surface area (Å²) in [6.45, 7) is 1.81. The van der Waals surface area contributed by atoms with E-state index in [4.69, 9.17) is 0 Å². The fourth-order valence-electron chi connectivity index (χ4n) is 3.25. The maximum absolute atomic E-state index is 12.8. The molecule has 0 aliphatic carbocycles. The summed E-state index contributed by atoms with van der Waals surface area (Å²) in [5, 5.41) is 6.07. The standard InChI is InChI=1S/C18H18N6O3/c1-11(25)9-24-17-19-15-14(16(26)22(3)18(27)21(15)2)23(17)10-13(20-24)12-7-5-4-6-8-12/h4-8H,9-10H2,1-3H3. The smallest absolute Gasteiger partial charge is 0.298 e. The van der Waals surface area contributed by atoms with E-state index in [0.717, 1.165) is 10.1 Å². The maximum Gasteiger partial charge on any atom is 0.332 e. The third kappa shape index (κ3) is 2.59. The van der Waals surface area contributed by atoms with Crippen LogP contribution in [0.2, 0.25) is 0 Å². The zero-order chi connectivity index (χ0) is 19.3. The molecule has 1 aliphatic rings. The highest BCUT2D eigenvalue weighted by Gasteiger charge is 2.28. The van der Waals surface area contributed by atoms with Crippen molar-refractivity contribution in [1.82, 2.24) is 18.7 Å². The lowest BCUT2D eigenvalue weighted by Crippen LogP contribution is -2.38. The fourth-order valence-corrected chi connectivity index (χ4v) is 3.25. The molecule has 0 N–H and O–H groups in total. The molecule has 0 amide bonds. The Labute approximate surface area is 153 Å². The van der Waals surface area contributed by atoms with Gasteiger partial charge in [0.15, 0.2) is 16.9 Å². The number of anilines is 1. The molecule has 138 valence electrons. The molecule has 1 aromatic carbocycles. The molecule has 0 saturated heterocycles. The predicted octanol–water partition coefficient (Wildman–Crippen LogP) is 0.247. The Hall–Kier alpha value is -3.49. The predicted molar refractivity (Wildman–Crippen MR) is 101 cm³/mol. The number of Topliss-reactive ketones (excluding diaryl/α,β-unsaturated/α-hetero) is 1. The molecule has 1 aliphatic heterocycles. The van der Waals surface area contributed by atoms with Gasteiger partial charge >= 0.3 is 5.69 Å². The Morgan fingerprint density at radius 3 is 2.48 bits per heavy atom. The van der Waals surface area contributed by atoms with Crippen LogP contribution in [0, 0.1) is 0 Å². The maximum atomic E-state index is 12.8. The van der Waals surface area contributed by atoms with E-state index >= 15 is 0 Å². The number of ketones is 1. The van der Waals surface area contributed by atoms with E-state index in [1.54, 1.807) is 11.6 Å². The number of nitrogens with zero attached hydrogens (tertiary/aromatic N) is 6. The van der Waals surface area contributed by atoms with Crippen molar-refractivity contribution in [1.29, 1.82) is 0 Å². The van der Waals surface area contributed by atoms with Gasteiger partial charge in [0.1, 0.15) is 6.54 Å². The first kappa shape index (κ1) is 17.0. The quantitative estimate of drug-likeness (QED) is 0.662. The molecule has 0 atom stereocenters. The Balaban J connectivity index is 2.00. The summed E-state index contributed by atoms with van der Waals surface area (Å²) in [5.41, 5.74) is 1.30. The molecule has 3 heterocycles. The summed E-state index contributed by atoms with van der Waals surface area (Å²) in [7, 11) is 3.00. The second kappa shape index (κ2) is 6.04. The number of benzene rings is 1. The lowest BCUT2D eigenvalue weighted by atomic mass is 10.1. The second-order valence-electron chi connectivity index (χ2n) is 6.55. The molecule has 27 heavy (non-hydrogen) atoms. The van der Waals surface area contributed by atoms with Gasteiger partial charge in [0, 0.05) is 14.1 Å². The molecule has 0 saturated carbocycles. The van der Waals surface area contributed by atoms with Crippen LogP contribution in [0.5, 0.6) is 0 Å². The van der Waals surface area contributed by atoms with Crippen molar-refractivity contribution in [3.05, 3.63) is 56.7 Å². The minimum absolute atomic E-state index is 0.0217. The third-order valence-corrected chi connectivity index (χ3v) is 4.59. The van der Waals surface area contributed by atoms with Crippen LogP contribution >= 0.6 is 0 Å². The second-order valence-corrected chi connectivity index (χ2v) is 6.55. The van der Waals surface area contributed by atoms with Gasteiger partial charge in [0.2, 0.25) is 5.95 Å². The van der Waals surface area contributed by atoms with Crippen molar-refractivity contribution in [3.8, 4) is 0 Å². The van der Waals surface area contributed by atoms with Crippen molar-refractivity contribution < 1.29 is 4.79 Å². The van der Waals surface area contributed by atoms with Crippen LogP contribution in [0.1, 0.15) is 12.5 Å². The highest BCUT2D eigenvalue weighted by atomic mass is 16.2. The number of hydrogen-bond donors (Lipinski definition) is 0. The Bertz CT molecular complexity index is 1220. The van der Waals surface area contributed by atoms with Crippen molar-refractivity contribution in [2.45, 2.75) is 13.5 Å². The minimum atomic E-state index is -0.453. The van der Waals surface area contributed by atoms with Crippen LogP contribution in [0.4, 0.5) is 5.95 Å². The van der Waals surface area contributed by atoms with Crippen molar-refractivity contribution in [3.63, 3.8) is 0 Å². The summed E-state index contributed by atoms with van der Waals surface area (Å²) in [4.78, 5) is 41.2. The fraction of sp³-hybridized carbons (Fsp3) is 0.278. The van der Waals surface area contributed by atoms with Crippen molar-refractivity contribution >= 4 is 28.6 Å². The third-order valence-electron chi connectivity index (χ3n) is 4.59. The lowest BCUT2D eigenvalue weighted by Gasteiger charge is -2.25. The van der Waals surface area contributed by atoms with E-state index in [9.17, 15) is 14.4 Å². The minimum Gasteiger partial charge on any atom is -0.298 e. The average Bonchev–Trinajstić information content (AvgIpc) is 3.05. The number of carbonyl (C=O) groups is 1. The molecule has 9 nitrogen and oxygen atoms in total. The average molecular weight is 366 g/mol. The highest BCUT2D eigenvalue weighted by Crippen LogP contribution is 2.25. The lowest BCUT2D eigenvalue weighted by molar-refractivity contribution is -0.115. The van der Waals surface area contributed by atoms with E-state index in [0.29, 0.717) is 23.7 Å². The number of hydrazone groups is 1. The number of fused-ring (bicyclic) bond motifs is 3. The van der Waals surface area contributed by atoms with Gasteiger partial charge in [-0.1, -0.05) is 30.3 Å². The Morgan fingerprint density at radius 2 is 1.81 bits per heavy atom. The first-order valence-corrected chi connectivity index (χ1v) is 8.44. The topological polar surface area (TPSA) is 94.5 Å². The van der Waals surface area contributed by atoms with Crippen molar-refractivity contribution in [2.75, 3.05) is 11.6 Å². The van der Waals surface area contributed by atoms with Gasteiger partial charge in [0.25, 0.3) is 5.56 Å². The van der Waals surface area contributed by atoms with E-state index in [-0.39, 0.29) is 18.0 Å². The van der Waals surface area contributed by atoms with Gasteiger partial charge in [-0.05, 0) is 12.5 Å². The zero-order valence-electron chi connectivity index (χ0n) is 15.2. The first-order chi connectivity index (χ1) is 12.9. The van der Waals surface area contributed by atoms with E-state index in [1.165, 1.54) is 23.5 Å². The summed E-state index contributed by atoms with van der Waals surface area (Å²) in [5.74, 6) is 0.284. The van der Waals surface area contributed by atoms with Gasteiger partial charge in [-0.2, -0.15) is 10.1 Å². The normalized spacial score (nSPS) is 13.6. The zero-order valence-corrected chi connectivity index (χ0v) is 15.2. The van der Waals surface area contributed by atoms with Crippen LogP contribution in [-0.2, 0) is 25.4 Å². The van der Waals surface area contributed by atoms with Crippen LogP contribution in [0.3, 0.4) is 0 Å². The highest BCUT2D eigenvalue weighted by molar-refractivity contribution is 6.03. The number of aryl methyl sites for hydroxylation is 1. The van der Waals surface area contributed by atoms with Gasteiger partial charge in [-0.3, -0.25) is 23.3 Å². The Morgan fingerprint density at radius 1 is 1.11 bits per heavy atom. The van der Waals surface area contributed by atoms with Crippen molar-refractivity contribution in [2.24, 2.45) is 19.2 Å². The molecule has 0 fully saturated rings. The molecule has 4 rings (SSSR count). The molecular formula is C18H18N6O3. The number of hydrogen-bond acceptors (Lipinski definition) is 6. The van der Waals surface area contributed by atoms with Crippen LogP contribution in [-0.4, -0.2) is 36.7 Å². The first-order valence-electron chi connectivity index (χ1n) is 8.44. The summed E-state index contributed by atoms with van der Waals surface area (Å²) < 4.78 is 4.10. The largest absolute Gasteiger partial charge is 0.332 e. The van der Waals surface area contributed by atoms with E-state index < -0.39 is 11.2 Å². The molecule has 2 aromatic heterocycles. The van der Waals surface area contributed by atoms with E-state index in [2.05, 4.69) is 10.1 Å². The molecule has 0 radical (unpaired) electrons. The number of imidazole rings is 1. The van der Waals surface area contributed by atoms with Crippen LogP contribution in [0.25, 0.3) is 11.2 Å². The number of carbonyl (C=O) groups excluding carboxylic acids is 1. The van der Waals surface area contributed by atoms with Gasteiger partial charge in [-0.15, -0.1) is 0 Å². The molecule has 0 unspecified atom stereocenters. The number of rotatable bonds is 3. The molecule has 9 heteroatoms. The van der Waals surface area contributed by atoms with Gasteiger partial charge in [0.05, 0.1) is 12.3 Å². The SMILES string of the molecule is CC(=O)CN1N=C(c2ccccc2)Cn2c1nc1c2c(=O)n(C)c(=O)n1C. The Kier molecular flexibility index (Phi) is 3.79. The molecular weight excluding hydrogens is 348 g/mol. The summed E-state index contributed by atoms with van der Waals surface area (Å²) in [6, 6.07) is 9.55. The summed E-state index contributed by atoms with van der Waals surface area (Å²) in [6.07, 6.45) is 0. The molecule has 0 bridgehead atoms. The van der Waals surface area contributed by atoms with Gasteiger partial charge < -0.3 is 0 Å². The van der Waals surface area contributed by atoms with E-state index in [1.807, 2.05) is 30.3 Å². The molecule has 0 spiro atoms.